The molecule has 0 saturated heterocycles. The largest absolute Gasteiger partial charge is 0.438 e. The summed E-state index contributed by atoms with van der Waals surface area (Å²) in [7, 11) is 0. The molecule has 3 aromatic heterocycles. The molecule has 0 radical (unpaired) electrons. The minimum Gasteiger partial charge on any atom is -0.438 e. The van der Waals surface area contributed by atoms with Crippen molar-refractivity contribution >= 4 is 5.91 Å². The van der Waals surface area contributed by atoms with E-state index in [1.54, 1.807) is 24.0 Å². The summed E-state index contributed by atoms with van der Waals surface area (Å²) < 4.78 is 6.86. The van der Waals surface area contributed by atoms with Gasteiger partial charge in [-0.05, 0) is 32.9 Å². The topological polar surface area (TPSA) is 85.8 Å². The molecule has 1 N–H and O–H groups in total. The van der Waals surface area contributed by atoms with E-state index in [2.05, 4.69) is 20.4 Å². The fourth-order valence-corrected chi connectivity index (χ4v) is 2.42. The van der Waals surface area contributed by atoms with Crippen LogP contribution >= 0.6 is 0 Å². The molecule has 0 bridgehead atoms. The van der Waals surface area contributed by atoms with Crippen LogP contribution in [0.15, 0.2) is 41.4 Å². The molecule has 0 aliphatic heterocycles. The highest BCUT2D eigenvalue weighted by Crippen LogP contribution is 2.20. The molecule has 1 atom stereocenters. The van der Waals surface area contributed by atoms with Crippen molar-refractivity contribution in [2.45, 2.75) is 26.8 Å². The molecule has 0 fully saturated rings. The number of carbonyl (C=O) groups excluding carboxylic acids is 1. The summed E-state index contributed by atoms with van der Waals surface area (Å²) >= 11 is 0. The van der Waals surface area contributed by atoms with Crippen LogP contribution in [0, 0.1) is 13.8 Å². The maximum Gasteiger partial charge on any atom is 0.289 e. The van der Waals surface area contributed by atoms with E-state index in [1.807, 2.05) is 32.0 Å². The van der Waals surface area contributed by atoms with E-state index in [0.717, 1.165) is 17.1 Å². The summed E-state index contributed by atoms with van der Waals surface area (Å²) in [6, 6.07) is 5.42. The number of hydrogen-bond donors (Lipinski definition) is 1. The number of carbonyl (C=O) groups is 1. The quantitative estimate of drug-likeness (QED) is 0.799. The molecule has 3 rings (SSSR count). The summed E-state index contributed by atoms with van der Waals surface area (Å²) in [5.41, 5.74) is 2.41. The first-order valence-electron chi connectivity index (χ1n) is 7.25. The molecule has 3 heterocycles. The van der Waals surface area contributed by atoms with Gasteiger partial charge in [-0.1, -0.05) is 6.07 Å². The number of nitrogens with one attached hydrogen (secondary N) is 1. The summed E-state index contributed by atoms with van der Waals surface area (Å²) in [4.78, 5) is 20.4. The van der Waals surface area contributed by atoms with Crippen molar-refractivity contribution in [3.8, 4) is 5.82 Å². The van der Waals surface area contributed by atoms with Crippen LogP contribution in [0.1, 0.15) is 40.5 Å². The van der Waals surface area contributed by atoms with Crippen LogP contribution in [0.3, 0.4) is 0 Å². The van der Waals surface area contributed by atoms with Crippen LogP contribution in [-0.2, 0) is 0 Å². The van der Waals surface area contributed by atoms with E-state index in [1.165, 1.54) is 6.39 Å². The highest BCUT2D eigenvalue weighted by molar-refractivity contribution is 5.92. The summed E-state index contributed by atoms with van der Waals surface area (Å²) in [6.45, 7) is 5.57. The molecule has 23 heavy (non-hydrogen) atoms. The summed E-state index contributed by atoms with van der Waals surface area (Å²) in [6.07, 6.45) is 4.72. The zero-order valence-electron chi connectivity index (χ0n) is 13.1. The Balaban J connectivity index is 1.81. The van der Waals surface area contributed by atoms with E-state index in [4.69, 9.17) is 4.42 Å². The molecule has 3 aromatic rings. The monoisotopic (exact) mass is 311 g/mol. The fourth-order valence-electron chi connectivity index (χ4n) is 2.42. The van der Waals surface area contributed by atoms with Crippen molar-refractivity contribution in [2.24, 2.45) is 0 Å². The normalized spacial score (nSPS) is 12.1. The van der Waals surface area contributed by atoms with Gasteiger partial charge in [0.2, 0.25) is 5.76 Å². The summed E-state index contributed by atoms with van der Waals surface area (Å²) in [5.74, 6) is 0.671. The first-order valence-corrected chi connectivity index (χ1v) is 7.25. The van der Waals surface area contributed by atoms with Crippen molar-refractivity contribution in [2.75, 3.05) is 0 Å². The van der Waals surface area contributed by atoms with Crippen molar-refractivity contribution in [3.05, 3.63) is 59.7 Å². The van der Waals surface area contributed by atoms with Gasteiger partial charge in [0.15, 0.2) is 12.2 Å². The van der Waals surface area contributed by atoms with Crippen LogP contribution in [0.2, 0.25) is 0 Å². The number of rotatable bonds is 4. The fraction of sp³-hybridized carbons (Fsp3) is 0.250. The molecule has 0 aliphatic rings. The third kappa shape index (κ3) is 2.85. The Hall–Kier alpha value is -2.96. The Morgan fingerprint density at radius 2 is 2.13 bits per heavy atom. The van der Waals surface area contributed by atoms with Gasteiger partial charge >= 0.3 is 0 Å². The van der Waals surface area contributed by atoms with Crippen LogP contribution in [0.4, 0.5) is 0 Å². The lowest BCUT2D eigenvalue weighted by Crippen LogP contribution is -2.27. The molecule has 0 aliphatic carbocycles. The minimum absolute atomic E-state index is 0.218. The lowest BCUT2D eigenvalue weighted by atomic mass is 10.1. The molecule has 0 saturated carbocycles. The zero-order chi connectivity index (χ0) is 16.4. The van der Waals surface area contributed by atoms with E-state index in [0.29, 0.717) is 5.69 Å². The molecular weight excluding hydrogens is 294 g/mol. The van der Waals surface area contributed by atoms with Gasteiger partial charge in [0, 0.05) is 17.5 Å². The van der Waals surface area contributed by atoms with Crippen LogP contribution < -0.4 is 5.32 Å². The number of aromatic nitrogens is 4. The Morgan fingerprint density at radius 1 is 1.30 bits per heavy atom. The Kier molecular flexibility index (Phi) is 3.92. The molecule has 0 aromatic carbocycles. The molecular formula is C16H17N5O2. The lowest BCUT2D eigenvalue weighted by molar-refractivity contribution is 0.0911. The molecule has 118 valence electrons. The van der Waals surface area contributed by atoms with Crippen LogP contribution in [-0.4, -0.2) is 25.7 Å². The van der Waals surface area contributed by atoms with Gasteiger partial charge in [-0.2, -0.15) is 5.10 Å². The zero-order valence-corrected chi connectivity index (χ0v) is 13.1. The maximum absolute atomic E-state index is 12.2. The van der Waals surface area contributed by atoms with Gasteiger partial charge in [-0.3, -0.25) is 4.79 Å². The smallest absolute Gasteiger partial charge is 0.289 e. The lowest BCUT2D eigenvalue weighted by Gasteiger charge is -2.13. The van der Waals surface area contributed by atoms with E-state index >= 15 is 0 Å². The molecule has 1 amide bonds. The van der Waals surface area contributed by atoms with Gasteiger partial charge in [0.1, 0.15) is 0 Å². The minimum atomic E-state index is -0.294. The maximum atomic E-state index is 12.2. The number of oxazole rings is 1. The predicted molar refractivity (Wildman–Crippen MR) is 83.2 cm³/mol. The SMILES string of the molecule is Cc1ncoc1C(=O)N[C@@H](C)c1cnn(-c2ccccn2)c1C. The van der Waals surface area contributed by atoms with Gasteiger partial charge < -0.3 is 9.73 Å². The molecule has 0 unspecified atom stereocenters. The van der Waals surface area contributed by atoms with Gasteiger partial charge in [-0.15, -0.1) is 0 Å². The van der Waals surface area contributed by atoms with Gasteiger partial charge in [0.05, 0.1) is 17.9 Å². The highest BCUT2D eigenvalue weighted by Gasteiger charge is 2.20. The third-order valence-electron chi connectivity index (χ3n) is 3.68. The molecule has 7 heteroatoms. The van der Waals surface area contributed by atoms with Crippen LogP contribution in [0.25, 0.3) is 5.82 Å². The predicted octanol–water partition coefficient (Wildman–Crippen LogP) is 2.36. The Morgan fingerprint density at radius 3 is 2.78 bits per heavy atom. The standard InChI is InChI=1S/C16H17N5O2/c1-10(20-16(22)15-11(2)18-9-23-15)13-8-19-21(12(13)3)14-6-4-5-7-17-14/h4-10H,1-3H3,(H,20,22)/t10-/m0/s1. The first kappa shape index (κ1) is 15.0. The van der Waals surface area contributed by atoms with Gasteiger partial charge in [0.25, 0.3) is 5.91 Å². The van der Waals surface area contributed by atoms with Crippen molar-refractivity contribution in [1.82, 2.24) is 25.1 Å². The highest BCUT2D eigenvalue weighted by atomic mass is 16.3. The number of pyridine rings is 1. The number of amides is 1. The van der Waals surface area contributed by atoms with Gasteiger partial charge in [-0.25, -0.2) is 14.6 Å². The Bertz CT molecular complexity index is 822. The van der Waals surface area contributed by atoms with Crippen molar-refractivity contribution < 1.29 is 9.21 Å². The summed E-state index contributed by atoms with van der Waals surface area (Å²) in [5, 5.41) is 7.26. The van der Waals surface area contributed by atoms with E-state index < -0.39 is 0 Å². The second kappa shape index (κ2) is 6.04. The van der Waals surface area contributed by atoms with Crippen molar-refractivity contribution in [1.29, 1.82) is 0 Å². The molecule has 0 spiro atoms. The van der Waals surface area contributed by atoms with E-state index in [9.17, 15) is 4.79 Å². The second-order valence-corrected chi connectivity index (χ2v) is 5.25. The number of hydrogen-bond acceptors (Lipinski definition) is 5. The van der Waals surface area contributed by atoms with Crippen LogP contribution in [0.5, 0.6) is 0 Å². The second-order valence-electron chi connectivity index (χ2n) is 5.25. The first-order chi connectivity index (χ1) is 11.1. The number of nitrogens with zero attached hydrogens (tertiary/aromatic N) is 4. The van der Waals surface area contributed by atoms with Crippen molar-refractivity contribution in [3.63, 3.8) is 0 Å². The average molecular weight is 311 g/mol. The number of aryl methyl sites for hydroxylation is 1. The molecule has 7 nitrogen and oxygen atoms in total. The third-order valence-corrected chi connectivity index (χ3v) is 3.68. The Labute approximate surface area is 133 Å². The van der Waals surface area contributed by atoms with E-state index in [-0.39, 0.29) is 17.7 Å². The average Bonchev–Trinajstić information content (AvgIpc) is 3.14.